The van der Waals surface area contributed by atoms with Crippen LogP contribution in [-0.4, -0.2) is 119 Å². The molecule has 3 heterocycles. The highest BCUT2D eigenvalue weighted by molar-refractivity contribution is 6.42. The van der Waals surface area contributed by atoms with E-state index in [2.05, 4.69) is 25.5 Å². The zero-order chi connectivity index (χ0) is 29.2. The number of hydrogen-bond acceptors (Lipinski definition) is 8. The fourth-order valence-corrected chi connectivity index (χ4v) is 5.66. The number of ether oxygens (including phenoxy) is 1. The van der Waals surface area contributed by atoms with E-state index in [4.69, 9.17) is 35.9 Å². The second-order valence-electron chi connectivity index (χ2n) is 11.2. The summed E-state index contributed by atoms with van der Waals surface area (Å²) in [6.07, 6.45) is 3.24. The van der Waals surface area contributed by atoms with Gasteiger partial charge in [0.05, 0.1) is 28.9 Å². The normalized spacial score (nSPS) is 21.2. The van der Waals surface area contributed by atoms with Gasteiger partial charge in [-0.3, -0.25) is 14.6 Å². The van der Waals surface area contributed by atoms with Gasteiger partial charge >= 0.3 is 0 Å². The summed E-state index contributed by atoms with van der Waals surface area (Å²) in [4.78, 5) is 31.4. The highest BCUT2D eigenvalue weighted by Gasteiger charge is 2.26. The van der Waals surface area contributed by atoms with Crippen LogP contribution >= 0.6 is 23.2 Å². The van der Waals surface area contributed by atoms with Crippen molar-refractivity contribution in [2.45, 2.75) is 32.6 Å². The molecule has 224 valence electrons. The molecule has 0 bridgehead atoms. The maximum absolute atomic E-state index is 12.4. The number of carbonyl (C=O) groups excluding carboxylic acids is 2. The van der Waals surface area contributed by atoms with Crippen molar-refractivity contribution in [2.75, 3.05) is 83.7 Å². The number of amidine groups is 1. The number of piperazine rings is 1. The number of carbonyl (C=O) groups is 2. The molecule has 0 spiro atoms. The largest absolute Gasteiger partial charge is 0.370 e. The zero-order valence-electron chi connectivity index (χ0n) is 24.0. The number of nitrogens with zero attached hydrogens (tertiary/aromatic N) is 5. The van der Waals surface area contributed by atoms with Gasteiger partial charge in [0.15, 0.2) is 7.98 Å². The molecule has 1 aromatic rings. The highest BCUT2D eigenvalue weighted by Crippen LogP contribution is 2.29. The van der Waals surface area contributed by atoms with Crippen LogP contribution in [0.25, 0.3) is 0 Å². The van der Waals surface area contributed by atoms with Gasteiger partial charge in [-0.2, -0.15) is 5.10 Å². The molecule has 1 atom stereocenters. The molecule has 2 N–H and O–H groups in total. The van der Waals surface area contributed by atoms with E-state index in [1.807, 2.05) is 17.8 Å². The molecule has 1 aromatic carbocycles. The van der Waals surface area contributed by atoms with Gasteiger partial charge in [-0.05, 0) is 69.6 Å². The van der Waals surface area contributed by atoms with E-state index < -0.39 is 0 Å². The maximum atomic E-state index is 12.4. The number of hydrogen-bond donors (Lipinski definition) is 2. The smallest absolute Gasteiger partial charge is 0.245 e. The summed E-state index contributed by atoms with van der Waals surface area (Å²) in [7, 11) is 5.86. The number of hydrazone groups is 1. The average Bonchev–Trinajstić information content (AvgIpc) is 3.32. The minimum absolute atomic E-state index is 0.0364. The molecule has 4 rings (SSSR count). The summed E-state index contributed by atoms with van der Waals surface area (Å²) >= 11 is 12.1. The lowest BCUT2D eigenvalue weighted by Gasteiger charge is -2.38. The Morgan fingerprint density at radius 3 is 2.54 bits per heavy atom. The van der Waals surface area contributed by atoms with Crippen LogP contribution in [0.5, 0.6) is 0 Å². The molecule has 41 heavy (non-hydrogen) atoms. The lowest BCUT2D eigenvalue weighted by atomic mass is 9.96. The number of amides is 2. The topological polar surface area (TPSA) is 92.8 Å². The quantitative estimate of drug-likeness (QED) is 0.279. The Labute approximate surface area is 255 Å². The van der Waals surface area contributed by atoms with Gasteiger partial charge in [-0.15, -0.1) is 0 Å². The fraction of sp³-hybridized carbons (Fsp3) is 0.679. The van der Waals surface area contributed by atoms with Crippen LogP contribution in [0.3, 0.4) is 0 Å². The summed E-state index contributed by atoms with van der Waals surface area (Å²) in [5, 5.41) is 13.0. The zero-order valence-corrected chi connectivity index (χ0v) is 25.5. The number of piperidine rings is 1. The van der Waals surface area contributed by atoms with Crippen molar-refractivity contribution in [1.29, 1.82) is 0 Å². The number of anilines is 1. The molecule has 3 aliphatic rings. The predicted molar refractivity (Wildman–Crippen MR) is 165 cm³/mol. The van der Waals surface area contributed by atoms with Gasteiger partial charge in [0.25, 0.3) is 0 Å². The number of likely N-dealkylation sites (tertiary alicyclic amines) is 1. The third-order valence-corrected chi connectivity index (χ3v) is 8.67. The van der Waals surface area contributed by atoms with Crippen LogP contribution in [0.15, 0.2) is 23.3 Å². The van der Waals surface area contributed by atoms with Crippen molar-refractivity contribution in [1.82, 2.24) is 25.2 Å². The number of rotatable bonds is 12. The lowest BCUT2D eigenvalue weighted by molar-refractivity contribution is -0.126. The second kappa shape index (κ2) is 16.1. The summed E-state index contributed by atoms with van der Waals surface area (Å²) in [6.45, 7) is 11.9. The molecule has 2 amide bonds. The van der Waals surface area contributed by atoms with Crippen molar-refractivity contribution in [3.8, 4) is 0 Å². The first-order valence-electron chi connectivity index (χ1n) is 14.7. The Morgan fingerprint density at radius 2 is 1.80 bits per heavy atom. The highest BCUT2D eigenvalue weighted by atomic mass is 35.5. The Kier molecular flexibility index (Phi) is 12.6. The van der Waals surface area contributed by atoms with Crippen molar-refractivity contribution < 1.29 is 14.3 Å². The molecule has 0 saturated carbocycles. The predicted octanol–water partition coefficient (Wildman–Crippen LogP) is 2.21. The van der Waals surface area contributed by atoms with Crippen molar-refractivity contribution in [2.24, 2.45) is 16.9 Å². The maximum Gasteiger partial charge on any atom is 0.245 e. The van der Waals surface area contributed by atoms with Crippen LogP contribution in [-0.2, 0) is 14.3 Å². The van der Waals surface area contributed by atoms with E-state index in [0.29, 0.717) is 48.4 Å². The van der Waals surface area contributed by atoms with Crippen LogP contribution < -0.4 is 15.6 Å². The molecular formula is C28H42BCl2N7O3. The van der Waals surface area contributed by atoms with Crippen LogP contribution in [0, 0.1) is 11.8 Å². The average molecular weight is 606 g/mol. The van der Waals surface area contributed by atoms with Crippen molar-refractivity contribution in [3.63, 3.8) is 0 Å². The fourth-order valence-electron chi connectivity index (χ4n) is 5.37. The van der Waals surface area contributed by atoms with E-state index in [9.17, 15) is 9.59 Å². The lowest BCUT2D eigenvalue weighted by Crippen LogP contribution is -2.48. The Bertz CT molecular complexity index is 1050. The second-order valence-corrected chi connectivity index (χ2v) is 12.1. The van der Waals surface area contributed by atoms with Gasteiger partial charge in [-0.1, -0.05) is 30.1 Å². The third-order valence-electron chi connectivity index (χ3n) is 7.93. The molecule has 2 radical (unpaired) electrons. The summed E-state index contributed by atoms with van der Waals surface area (Å²) < 4.78 is 5.60. The minimum atomic E-state index is -0.159. The Hall–Kier alpha value is -1.89. The molecule has 0 aromatic heterocycles. The van der Waals surface area contributed by atoms with E-state index in [1.54, 1.807) is 17.1 Å². The minimum Gasteiger partial charge on any atom is -0.370 e. The standard InChI is InChI=1S/C28H42BCl2N7O3/c1-21-18-38(23-4-5-24(30)25(31)17-23)34-28(21)33-26(39)3-2-8-32-27(40)20-41-16-15-35-9-6-22(7-10-35)19-36-11-13-37(29)14-12-36/h4-5,17,21-22H,2-3,6-16,18-20H2,1H3,(H,32,40)(H,33,34,39). The van der Waals surface area contributed by atoms with Gasteiger partial charge in [0.2, 0.25) is 11.8 Å². The first-order valence-corrected chi connectivity index (χ1v) is 15.4. The molecule has 10 nitrogen and oxygen atoms in total. The van der Waals surface area contributed by atoms with E-state index in [-0.39, 0.29) is 24.3 Å². The molecule has 3 aliphatic heterocycles. The van der Waals surface area contributed by atoms with Crippen LogP contribution in [0.2, 0.25) is 10.0 Å². The van der Waals surface area contributed by atoms with Crippen LogP contribution in [0.1, 0.15) is 32.6 Å². The number of halogens is 2. The van der Waals surface area contributed by atoms with Crippen molar-refractivity contribution in [3.05, 3.63) is 28.2 Å². The van der Waals surface area contributed by atoms with Gasteiger partial charge in [0, 0.05) is 45.1 Å². The molecular weight excluding hydrogens is 564 g/mol. The third kappa shape index (κ3) is 10.4. The van der Waals surface area contributed by atoms with Crippen LogP contribution in [0.4, 0.5) is 5.69 Å². The molecule has 2 fully saturated rings. The summed E-state index contributed by atoms with van der Waals surface area (Å²) in [6, 6.07) is 5.33. The number of benzene rings is 1. The molecule has 2 saturated heterocycles. The van der Waals surface area contributed by atoms with E-state index in [0.717, 1.165) is 57.4 Å². The molecule has 13 heteroatoms. The van der Waals surface area contributed by atoms with E-state index in [1.165, 1.54) is 19.4 Å². The molecule has 1 unspecified atom stereocenters. The van der Waals surface area contributed by atoms with Gasteiger partial charge in [0.1, 0.15) is 12.4 Å². The first-order chi connectivity index (χ1) is 19.8. The molecule has 0 aliphatic carbocycles. The SMILES string of the molecule is [B]N1CCN(CC2CCN(CCOCC(=O)NCCCC(=O)NC3=NN(c4ccc(Cl)c(Cl)c4)CC3C)CC2)CC1. The summed E-state index contributed by atoms with van der Waals surface area (Å²) in [5.41, 5.74) is 0.818. The van der Waals surface area contributed by atoms with Gasteiger partial charge in [-0.25, -0.2) is 0 Å². The van der Waals surface area contributed by atoms with Gasteiger partial charge < -0.3 is 30.0 Å². The monoisotopic (exact) mass is 605 g/mol. The summed E-state index contributed by atoms with van der Waals surface area (Å²) in [5.74, 6) is 1.15. The Morgan fingerprint density at radius 1 is 1.05 bits per heavy atom. The Balaban J connectivity index is 1.01. The van der Waals surface area contributed by atoms with Crippen molar-refractivity contribution >= 4 is 54.5 Å². The van der Waals surface area contributed by atoms with E-state index >= 15 is 0 Å². The first kappa shape index (κ1) is 32.0. The number of nitrogens with one attached hydrogen (secondary N) is 2.